The monoisotopic (exact) mass is 270 g/mol. The van der Waals surface area contributed by atoms with Crippen molar-refractivity contribution in [2.45, 2.75) is 25.7 Å². The van der Waals surface area contributed by atoms with Crippen molar-refractivity contribution in [3.05, 3.63) is 46.9 Å². The molecule has 1 heterocycles. The molecule has 2 aliphatic carbocycles. The summed E-state index contributed by atoms with van der Waals surface area (Å²) in [7, 11) is 0. The number of hydrogen-bond donors (Lipinski definition) is 2. The topological polar surface area (TPSA) is 65.3 Å². The maximum Gasteiger partial charge on any atom is 0.381 e. The van der Waals surface area contributed by atoms with Gasteiger partial charge in [-0.1, -0.05) is 12.1 Å². The zero-order valence-corrected chi connectivity index (χ0v) is 10.8. The van der Waals surface area contributed by atoms with Crippen LogP contribution in [-0.2, 0) is 12.8 Å². The Balaban J connectivity index is 2.13. The van der Waals surface area contributed by atoms with E-state index in [-0.39, 0.29) is 11.5 Å². The number of ketones is 1. The van der Waals surface area contributed by atoms with Gasteiger partial charge < -0.3 is 0 Å². The average Bonchev–Trinajstić information content (AvgIpc) is 2.79. The van der Waals surface area contributed by atoms with Crippen molar-refractivity contribution in [2.75, 3.05) is 0 Å². The highest BCUT2D eigenvalue weighted by atomic mass is 16.5. The quantitative estimate of drug-likeness (QED) is 0.469. The first-order valence-corrected chi connectivity index (χ1v) is 6.78. The third kappa shape index (κ3) is 1.24. The number of carbonyl (C=O) groups excluding carboxylic acids is 1. The van der Waals surface area contributed by atoms with Gasteiger partial charge in [0, 0.05) is 27.9 Å². The number of rotatable bonds is 0. The van der Waals surface area contributed by atoms with Crippen molar-refractivity contribution < 1.29 is 24.7 Å². The SMILES string of the molecule is O=C1c2ccccc2-c2c1[n+](O)c1c([n+]2O)CCCC1. The van der Waals surface area contributed by atoms with Gasteiger partial charge in [-0.05, 0) is 25.0 Å². The lowest BCUT2D eigenvalue weighted by Gasteiger charge is -2.08. The van der Waals surface area contributed by atoms with Gasteiger partial charge >= 0.3 is 22.8 Å². The zero-order chi connectivity index (χ0) is 13.9. The van der Waals surface area contributed by atoms with E-state index in [9.17, 15) is 15.2 Å². The number of nitrogens with zero attached hydrogens (tertiary/aromatic N) is 2. The van der Waals surface area contributed by atoms with Gasteiger partial charge in [-0.2, -0.15) is 0 Å². The summed E-state index contributed by atoms with van der Waals surface area (Å²) >= 11 is 0. The molecule has 2 aromatic rings. The standard InChI is InChI=1S/C15H14N2O3/c18-15-10-6-2-1-5-9(10)13-14(15)17(20)12-8-4-3-7-11(12)16(13)19/h1-2,5-6,19-20H,3-4,7-8H2/q+2. The van der Waals surface area contributed by atoms with Crippen molar-refractivity contribution in [1.82, 2.24) is 0 Å². The molecule has 0 aliphatic heterocycles. The molecule has 0 fully saturated rings. The average molecular weight is 270 g/mol. The van der Waals surface area contributed by atoms with Gasteiger partial charge in [0.2, 0.25) is 0 Å². The third-order valence-electron chi connectivity index (χ3n) is 4.21. The third-order valence-corrected chi connectivity index (χ3v) is 4.21. The Labute approximate surface area is 115 Å². The summed E-state index contributed by atoms with van der Waals surface area (Å²) < 4.78 is 2.08. The molecule has 100 valence electrons. The van der Waals surface area contributed by atoms with Crippen LogP contribution >= 0.6 is 0 Å². The van der Waals surface area contributed by atoms with Crippen molar-refractivity contribution in [1.29, 1.82) is 0 Å². The molecular formula is C15H14N2O3+2. The van der Waals surface area contributed by atoms with E-state index >= 15 is 0 Å². The predicted molar refractivity (Wildman–Crippen MR) is 66.7 cm³/mol. The fraction of sp³-hybridized carbons (Fsp3) is 0.267. The molecule has 0 amide bonds. The summed E-state index contributed by atoms with van der Waals surface area (Å²) in [5, 5.41) is 20.9. The van der Waals surface area contributed by atoms with Crippen LogP contribution in [0, 0.1) is 0 Å². The Morgan fingerprint density at radius 1 is 0.850 bits per heavy atom. The summed E-state index contributed by atoms with van der Waals surface area (Å²) in [4.78, 5) is 12.4. The maximum atomic E-state index is 12.4. The minimum absolute atomic E-state index is 0.161. The second kappa shape index (κ2) is 3.79. The first-order chi connectivity index (χ1) is 9.70. The molecule has 0 spiro atoms. The van der Waals surface area contributed by atoms with Crippen LogP contribution < -0.4 is 9.46 Å². The van der Waals surface area contributed by atoms with Gasteiger partial charge in [0.15, 0.2) is 0 Å². The number of fused-ring (bicyclic) bond motifs is 4. The maximum absolute atomic E-state index is 12.4. The van der Waals surface area contributed by atoms with E-state index in [1.807, 2.05) is 6.07 Å². The number of benzene rings is 1. The molecule has 0 radical (unpaired) electrons. The normalized spacial score (nSPS) is 15.7. The molecule has 0 saturated heterocycles. The summed E-state index contributed by atoms with van der Waals surface area (Å²) in [6, 6.07) is 7.12. The highest BCUT2D eigenvalue weighted by molar-refractivity contribution is 6.18. The van der Waals surface area contributed by atoms with E-state index in [0.717, 1.165) is 22.3 Å². The Morgan fingerprint density at radius 2 is 1.40 bits per heavy atom. The zero-order valence-electron chi connectivity index (χ0n) is 10.8. The van der Waals surface area contributed by atoms with Crippen LogP contribution in [0.25, 0.3) is 11.3 Å². The van der Waals surface area contributed by atoms with Gasteiger partial charge in [-0.3, -0.25) is 15.2 Å². The lowest BCUT2D eigenvalue weighted by molar-refractivity contribution is -0.949. The highest BCUT2D eigenvalue weighted by Crippen LogP contribution is 2.33. The smallest absolute Gasteiger partial charge is 0.284 e. The van der Waals surface area contributed by atoms with E-state index in [0.29, 0.717) is 41.1 Å². The van der Waals surface area contributed by atoms with E-state index in [1.54, 1.807) is 18.2 Å². The van der Waals surface area contributed by atoms with Gasteiger partial charge in [0.05, 0.1) is 5.56 Å². The van der Waals surface area contributed by atoms with E-state index < -0.39 is 0 Å². The van der Waals surface area contributed by atoms with Crippen molar-refractivity contribution in [3.8, 4) is 11.3 Å². The molecule has 0 atom stereocenters. The van der Waals surface area contributed by atoms with Gasteiger partial charge in [0.25, 0.3) is 5.78 Å². The Morgan fingerprint density at radius 3 is 2.05 bits per heavy atom. The molecule has 5 heteroatoms. The lowest BCUT2D eigenvalue weighted by Crippen LogP contribution is -2.53. The minimum atomic E-state index is -0.241. The Hall–Kier alpha value is -2.43. The first kappa shape index (κ1) is 11.4. The van der Waals surface area contributed by atoms with Crippen LogP contribution in [-0.4, -0.2) is 16.2 Å². The molecule has 20 heavy (non-hydrogen) atoms. The minimum Gasteiger partial charge on any atom is -0.284 e. The second-order valence-corrected chi connectivity index (χ2v) is 5.30. The molecule has 0 unspecified atom stereocenters. The molecular weight excluding hydrogens is 256 g/mol. The lowest BCUT2D eigenvalue weighted by atomic mass is 9.99. The number of hydrogen-bond acceptors (Lipinski definition) is 3. The largest absolute Gasteiger partial charge is 0.381 e. The second-order valence-electron chi connectivity index (χ2n) is 5.30. The van der Waals surface area contributed by atoms with Crippen LogP contribution in [0.15, 0.2) is 24.3 Å². The molecule has 0 saturated carbocycles. The Kier molecular flexibility index (Phi) is 2.16. The Bertz CT molecular complexity index is 768. The number of aromatic nitrogens is 2. The fourth-order valence-corrected chi connectivity index (χ4v) is 3.26. The summed E-state index contributed by atoms with van der Waals surface area (Å²) in [6.45, 7) is 0. The molecule has 1 aromatic heterocycles. The van der Waals surface area contributed by atoms with Crippen LogP contribution in [0.5, 0.6) is 0 Å². The number of carbonyl (C=O) groups is 1. The summed E-state index contributed by atoms with van der Waals surface area (Å²) in [5.41, 5.74) is 3.09. The van der Waals surface area contributed by atoms with Gasteiger partial charge in [-0.15, -0.1) is 0 Å². The predicted octanol–water partition coefficient (Wildman–Crippen LogP) is 0.826. The first-order valence-electron chi connectivity index (χ1n) is 6.78. The van der Waals surface area contributed by atoms with E-state index in [2.05, 4.69) is 0 Å². The van der Waals surface area contributed by atoms with Crippen molar-refractivity contribution in [3.63, 3.8) is 0 Å². The van der Waals surface area contributed by atoms with Crippen molar-refractivity contribution >= 4 is 5.78 Å². The summed E-state index contributed by atoms with van der Waals surface area (Å²) in [5.74, 6) is -0.241. The molecule has 5 nitrogen and oxygen atoms in total. The summed E-state index contributed by atoms with van der Waals surface area (Å²) in [6.07, 6.45) is 3.30. The van der Waals surface area contributed by atoms with Crippen LogP contribution in [0.1, 0.15) is 40.3 Å². The van der Waals surface area contributed by atoms with Gasteiger partial charge in [-0.25, -0.2) is 0 Å². The van der Waals surface area contributed by atoms with Gasteiger partial charge in [0.1, 0.15) is 0 Å². The van der Waals surface area contributed by atoms with E-state index in [1.165, 1.54) is 0 Å². The van der Waals surface area contributed by atoms with Crippen LogP contribution in [0.4, 0.5) is 0 Å². The van der Waals surface area contributed by atoms with Crippen molar-refractivity contribution in [2.24, 2.45) is 0 Å². The van der Waals surface area contributed by atoms with Crippen LogP contribution in [0.2, 0.25) is 0 Å². The molecule has 0 bridgehead atoms. The fourth-order valence-electron chi connectivity index (χ4n) is 3.26. The highest BCUT2D eigenvalue weighted by Gasteiger charge is 2.50. The van der Waals surface area contributed by atoms with Crippen LogP contribution in [0.3, 0.4) is 0 Å². The van der Waals surface area contributed by atoms with E-state index in [4.69, 9.17) is 0 Å². The molecule has 2 N–H and O–H groups in total. The molecule has 1 aromatic carbocycles. The molecule has 4 rings (SSSR count). The molecule has 2 aliphatic rings.